The molecule has 0 spiro atoms. The first-order chi connectivity index (χ1) is 5.90. The molecule has 64 valence electrons. The van der Waals surface area contributed by atoms with E-state index < -0.39 is 0 Å². The number of fused-ring (bicyclic) bond motifs is 1. The molecule has 0 unspecified atom stereocenters. The molecule has 1 aromatic rings. The topological polar surface area (TPSA) is 44.5 Å². The van der Waals surface area contributed by atoms with Crippen molar-refractivity contribution in [3.05, 3.63) is 29.3 Å². The van der Waals surface area contributed by atoms with Gasteiger partial charge < -0.3 is 10.6 Å². The SMILES string of the molecule is NCCc1ccc2c(c1)OOC2. The number of hydrogen-bond acceptors (Lipinski definition) is 3. The average Bonchev–Trinajstić information content (AvgIpc) is 2.51. The second-order valence-corrected chi connectivity index (χ2v) is 2.83. The van der Waals surface area contributed by atoms with Crippen LogP contribution in [0.3, 0.4) is 0 Å². The Hall–Kier alpha value is -1.06. The summed E-state index contributed by atoms with van der Waals surface area (Å²) < 4.78 is 0. The maximum Gasteiger partial charge on any atom is 0.171 e. The van der Waals surface area contributed by atoms with Crippen LogP contribution in [-0.4, -0.2) is 6.54 Å². The largest absolute Gasteiger partial charge is 0.337 e. The van der Waals surface area contributed by atoms with E-state index in [-0.39, 0.29) is 0 Å². The Labute approximate surface area is 71.0 Å². The standard InChI is InChI=1S/C9H11NO2/c10-4-3-7-1-2-8-6-11-12-9(8)5-7/h1-2,5H,3-4,6,10H2. The highest BCUT2D eigenvalue weighted by Crippen LogP contribution is 2.26. The molecule has 3 nitrogen and oxygen atoms in total. The van der Waals surface area contributed by atoms with E-state index in [1.54, 1.807) is 0 Å². The van der Waals surface area contributed by atoms with Gasteiger partial charge in [0.2, 0.25) is 0 Å². The summed E-state index contributed by atoms with van der Waals surface area (Å²) in [4.78, 5) is 9.76. The van der Waals surface area contributed by atoms with Crippen molar-refractivity contribution in [2.24, 2.45) is 5.73 Å². The Morgan fingerprint density at radius 1 is 1.42 bits per heavy atom. The number of benzene rings is 1. The molecule has 1 aromatic carbocycles. The molecule has 2 rings (SSSR count). The van der Waals surface area contributed by atoms with E-state index in [9.17, 15) is 0 Å². The quantitative estimate of drug-likeness (QED) is 0.665. The van der Waals surface area contributed by atoms with Gasteiger partial charge in [-0.05, 0) is 24.6 Å². The number of nitrogens with two attached hydrogens (primary N) is 1. The van der Waals surface area contributed by atoms with Gasteiger partial charge >= 0.3 is 0 Å². The second-order valence-electron chi connectivity index (χ2n) is 2.83. The third-order valence-corrected chi connectivity index (χ3v) is 1.93. The molecule has 0 amide bonds. The van der Waals surface area contributed by atoms with Crippen LogP contribution in [0.4, 0.5) is 0 Å². The van der Waals surface area contributed by atoms with Gasteiger partial charge in [0.25, 0.3) is 0 Å². The number of rotatable bonds is 2. The maximum atomic E-state index is 5.43. The average molecular weight is 165 g/mol. The van der Waals surface area contributed by atoms with Crippen molar-refractivity contribution in [2.45, 2.75) is 13.0 Å². The monoisotopic (exact) mass is 165 g/mol. The molecule has 0 saturated heterocycles. The van der Waals surface area contributed by atoms with Gasteiger partial charge in [0.05, 0.1) is 0 Å². The summed E-state index contributed by atoms with van der Waals surface area (Å²) in [6.07, 6.45) is 0.886. The lowest BCUT2D eigenvalue weighted by molar-refractivity contribution is -0.194. The van der Waals surface area contributed by atoms with E-state index in [4.69, 9.17) is 15.5 Å². The molecule has 0 bridgehead atoms. The minimum Gasteiger partial charge on any atom is -0.337 e. The van der Waals surface area contributed by atoms with Crippen molar-refractivity contribution < 1.29 is 9.78 Å². The van der Waals surface area contributed by atoms with Crippen LogP contribution in [0.2, 0.25) is 0 Å². The van der Waals surface area contributed by atoms with Crippen LogP contribution >= 0.6 is 0 Å². The third kappa shape index (κ3) is 1.29. The van der Waals surface area contributed by atoms with Crippen LogP contribution in [0.25, 0.3) is 0 Å². The molecule has 3 heteroatoms. The highest BCUT2D eigenvalue weighted by Gasteiger charge is 2.13. The fraction of sp³-hybridized carbons (Fsp3) is 0.333. The Kier molecular flexibility index (Phi) is 1.98. The Bertz CT molecular complexity index is 286. The summed E-state index contributed by atoms with van der Waals surface area (Å²) in [5.74, 6) is 0.834. The zero-order valence-corrected chi connectivity index (χ0v) is 6.75. The predicted molar refractivity (Wildman–Crippen MR) is 44.6 cm³/mol. The Morgan fingerprint density at radius 3 is 3.17 bits per heavy atom. The molecule has 1 aliphatic rings. The molecule has 0 fully saturated rings. The smallest absolute Gasteiger partial charge is 0.171 e. The molecule has 1 heterocycles. The summed E-state index contributed by atoms with van der Waals surface area (Å²) in [6.45, 7) is 1.22. The Morgan fingerprint density at radius 2 is 2.33 bits per heavy atom. The molecule has 0 saturated carbocycles. The van der Waals surface area contributed by atoms with E-state index >= 15 is 0 Å². The fourth-order valence-corrected chi connectivity index (χ4v) is 1.27. The lowest BCUT2D eigenvalue weighted by Gasteiger charge is -1.99. The van der Waals surface area contributed by atoms with Gasteiger partial charge in [0.15, 0.2) is 5.75 Å². The molecule has 12 heavy (non-hydrogen) atoms. The van der Waals surface area contributed by atoms with Crippen molar-refractivity contribution >= 4 is 0 Å². The number of hydrogen-bond donors (Lipinski definition) is 1. The van der Waals surface area contributed by atoms with Gasteiger partial charge in [0, 0.05) is 5.56 Å². The van der Waals surface area contributed by atoms with Gasteiger partial charge in [-0.3, -0.25) is 0 Å². The minimum absolute atomic E-state index is 0.554. The summed E-state index contributed by atoms with van der Waals surface area (Å²) in [5, 5.41) is 0. The molecule has 0 aromatic heterocycles. The van der Waals surface area contributed by atoms with E-state index in [1.165, 1.54) is 5.56 Å². The molecule has 2 N–H and O–H groups in total. The highest BCUT2D eigenvalue weighted by atomic mass is 17.2. The van der Waals surface area contributed by atoms with Crippen molar-refractivity contribution in [1.29, 1.82) is 0 Å². The van der Waals surface area contributed by atoms with Crippen molar-refractivity contribution in [2.75, 3.05) is 6.54 Å². The predicted octanol–water partition coefficient (Wildman–Crippen LogP) is 1.01. The first-order valence-corrected chi connectivity index (χ1v) is 4.01. The molecule has 0 radical (unpaired) electrons. The van der Waals surface area contributed by atoms with Crippen molar-refractivity contribution in [3.63, 3.8) is 0 Å². The first-order valence-electron chi connectivity index (χ1n) is 4.01. The summed E-state index contributed by atoms with van der Waals surface area (Å²) in [5.41, 5.74) is 7.74. The third-order valence-electron chi connectivity index (χ3n) is 1.93. The van der Waals surface area contributed by atoms with Gasteiger partial charge in [0.1, 0.15) is 6.61 Å². The summed E-state index contributed by atoms with van der Waals surface area (Å²) in [7, 11) is 0. The summed E-state index contributed by atoms with van der Waals surface area (Å²) in [6, 6.07) is 6.06. The second kappa shape index (κ2) is 3.13. The van der Waals surface area contributed by atoms with E-state index in [2.05, 4.69) is 6.07 Å². The van der Waals surface area contributed by atoms with Crippen molar-refractivity contribution in [1.82, 2.24) is 0 Å². The fourth-order valence-electron chi connectivity index (χ4n) is 1.27. The van der Waals surface area contributed by atoms with Crippen LogP contribution in [0.15, 0.2) is 18.2 Å². The van der Waals surface area contributed by atoms with Gasteiger partial charge in [-0.2, -0.15) is 4.89 Å². The molecule has 0 atom stereocenters. The van der Waals surface area contributed by atoms with E-state index in [1.807, 2.05) is 12.1 Å². The molecular weight excluding hydrogens is 154 g/mol. The molecule has 1 aliphatic heterocycles. The normalized spacial score (nSPS) is 14.1. The lowest BCUT2D eigenvalue weighted by atomic mass is 10.1. The zero-order chi connectivity index (χ0) is 8.39. The first kappa shape index (κ1) is 7.58. The Balaban J connectivity index is 2.26. The van der Waals surface area contributed by atoms with Crippen LogP contribution in [0.5, 0.6) is 5.75 Å². The van der Waals surface area contributed by atoms with Crippen molar-refractivity contribution in [3.8, 4) is 5.75 Å². The van der Waals surface area contributed by atoms with Crippen LogP contribution < -0.4 is 10.6 Å². The van der Waals surface area contributed by atoms with Gasteiger partial charge in [-0.1, -0.05) is 12.1 Å². The van der Waals surface area contributed by atoms with Crippen LogP contribution in [0, 0.1) is 0 Å². The maximum absolute atomic E-state index is 5.43. The molecule has 0 aliphatic carbocycles. The molecular formula is C9H11NO2. The van der Waals surface area contributed by atoms with Crippen LogP contribution in [0.1, 0.15) is 11.1 Å². The van der Waals surface area contributed by atoms with Crippen LogP contribution in [-0.2, 0) is 17.9 Å². The van der Waals surface area contributed by atoms with Gasteiger partial charge in [-0.15, -0.1) is 0 Å². The summed E-state index contributed by atoms with van der Waals surface area (Å²) >= 11 is 0. The lowest BCUT2D eigenvalue weighted by Crippen LogP contribution is -2.02. The van der Waals surface area contributed by atoms with E-state index in [0.29, 0.717) is 13.2 Å². The zero-order valence-electron chi connectivity index (χ0n) is 6.75. The highest BCUT2D eigenvalue weighted by molar-refractivity contribution is 5.38. The minimum atomic E-state index is 0.554. The van der Waals surface area contributed by atoms with Gasteiger partial charge in [-0.25, -0.2) is 0 Å². The van der Waals surface area contributed by atoms with E-state index in [0.717, 1.165) is 17.7 Å².